The van der Waals surface area contributed by atoms with Crippen molar-refractivity contribution in [2.45, 2.75) is 27.0 Å². The molecule has 0 fully saturated rings. The SMILES string of the molecule is Cc1c(C)n(CCN(C)C)c2ncn3nc(CO/N=C/c4ccccc4Cl)nc3c12. The van der Waals surface area contributed by atoms with E-state index in [1.807, 2.05) is 18.2 Å². The van der Waals surface area contributed by atoms with Gasteiger partial charge in [0.05, 0.1) is 11.6 Å². The summed E-state index contributed by atoms with van der Waals surface area (Å²) in [7, 11) is 4.14. The predicted molar refractivity (Wildman–Crippen MR) is 118 cm³/mol. The Bertz CT molecular complexity index is 1230. The lowest BCUT2D eigenvalue weighted by molar-refractivity contribution is 0.126. The number of hydrogen-bond donors (Lipinski definition) is 0. The minimum atomic E-state index is 0.156. The molecule has 8 nitrogen and oxygen atoms in total. The number of hydrogen-bond acceptors (Lipinski definition) is 6. The van der Waals surface area contributed by atoms with E-state index in [4.69, 9.17) is 16.4 Å². The Hall–Kier alpha value is -2.97. The van der Waals surface area contributed by atoms with Crippen molar-refractivity contribution in [2.75, 3.05) is 20.6 Å². The number of aromatic nitrogens is 5. The molecule has 30 heavy (non-hydrogen) atoms. The topological polar surface area (TPSA) is 72.8 Å². The highest BCUT2D eigenvalue weighted by atomic mass is 35.5. The summed E-state index contributed by atoms with van der Waals surface area (Å²) in [5.74, 6) is 0.540. The van der Waals surface area contributed by atoms with Crippen LogP contribution in [0.4, 0.5) is 0 Å². The molecule has 0 saturated carbocycles. The van der Waals surface area contributed by atoms with Gasteiger partial charge in [0.1, 0.15) is 12.0 Å². The molecule has 156 valence electrons. The van der Waals surface area contributed by atoms with Crippen LogP contribution in [0.5, 0.6) is 0 Å². The zero-order valence-corrected chi connectivity index (χ0v) is 18.3. The molecule has 4 rings (SSSR count). The van der Waals surface area contributed by atoms with Gasteiger partial charge in [0.25, 0.3) is 0 Å². The van der Waals surface area contributed by atoms with Gasteiger partial charge in [-0.3, -0.25) is 0 Å². The predicted octanol–water partition coefficient (Wildman–Crippen LogP) is 3.46. The summed E-state index contributed by atoms with van der Waals surface area (Å²) in [6, 6.07) is 7.43. The van der Waals surface area contributed by atoms with E-state index >= 15 is 0 Å². The van der Waals surface area contributed by atoms with Crippen molar-refractivity contribution in [1.29, 1.82) is 0 Å². The van der Waals surface area contributed by atoms with Crippen molar-refractivity contribution in [3.63, 3.8) is 0 Å². The fourth-order valence-corrected chi connectivity index (χ4v) is 3.56. The van der Waals surface area contributed by atoms with Crippen LogP contribution in [0.2, 0.25) is 5.02 Å². The van der Waals surface area contributed by atoms with Crippen LogP contribution in [-0.2, 0) is 18.0 Å². The van der Waals surface area contributed by atoms with Crippen molar-refractivity contribution in [1.82, 2.24) is 29.0 Å². The molecule has 0 spiro atoms. The van der Waals surface area contributed by atoms with E-state index in [1.54, 1.807) is 23.1 Å². The zero-order valence-electron chi connectivity index (χ0n) is 17.5. The average molecular weight is 426 g/mol. The summed E-state index contributed by atoms with van der Waals surface area (Å²) in [5.41, 5.74) is 4.85. The first-order valence-electron chi connectivity index (χ1n) is 9.70. The molecule has 4 aromatic rings. The molecule has 0 radical (unpaired) electrons. The van der Waals surface area contributed by atoms with Crippen molar-refractivity contribution in [2.24, 2.45) is 5.16 Å². The molecule has 0 saturated heterocycles. The normalized spacial score (nSPS) is 12.1. The van der Waals surface area contributed by atoms with E-state index in [0.717, 1.165) is 35.3 Å². The Morgan fingerprint density at radius 2 is 2.00 bits per heavy atom. The van der Waals surface area contributed by atoms with Crippen molar-refractivity contribution in [3.8, 4) is 0 Å². The molecule has 9 heteroatoms. The fourth-order valence-electron chi connectivity index (χ4n) is 3.38. The standard InChI is InChI=1S/C21H24ClN7O/c1-14-15(2)28(10-9-27(3)4)20-19(14)21-25-18(26-29(21)13-23-20)12-30-24-11-16-7-5-6-8-17(16)22/h5-8,11,13H,9-10,12H2,1-4H3/b24-11+. The quantitative estimate of drug-likeness (QED) is 0.335. The molecule has 0 amide bonds. The second-order valence-corrected chi connectivity index (χ2v) is 7.84. The molecule has 0 bridgehead atoms. The van der Waals surface area contributed by atoms with Crippen molar-refractivity contribution >= 4 is 34.5 Å². The van der Waals surface area contributed by atoms with Gasteiger partial charge >= 0.3 is 0 Å². The summed E-state index contributed by atoms with van der Waals surface area (Å²) in [4.78, 5) is 16.9. The fraction of sp³-hybridized carbons (Fsp3) is 0.333. The first-order valence-corrected chi connectivity index (χ1v) is 10.1. The first-order chi connectivity index (χ1) is 14.5. The smallest absolute Gasteiger partial charge is 0.192 e. The minimum Gasteiger partial charge on any atom is -0.387 e. The Balaban J connectivity index is 1.59. The Kier molecular flexibility index (Phi) is 5.69. The molecular formula is C21H24ClN7O. The van der Waals surface area contributed by atoms with E-state index in [0.29, 0.717) is 10.8 Å². The number of oxime groups is 1. The van der Waals surface area contributed by atoms with Gasteiger partial charge in [0, 0.05) is 29.4 Å². The van der Waals surface area contributed by atoms with Crippen LogP contribution in [0.3, 0.4) is 0 Å². The van der Waals surface area contributed by atoms with E-state index in [1.165, 1.54) is 11.3 Å². The first kappa shape index (κ1) is 20.3. The Morgan fingerprint density at radius 1 is 1.20 bits per heavy atom. The van der Waals surface area contributed by atoms with E-state index in [9.17, 15) is 0 Å². The van der Waals surface area contributed by atoms with Crippen molar-refractivity contribution < 1.29 is 4.84 Å². The third-order valence-corrected chi connectivity index (χ3v) is 5.47. The summed E-state index contributed by atoms with van der Waals surface area (Å²) >= 11 is 6.11. The van der Waals surface area contributed by atoms with Crippen LogP contribution in [0.25, 0.3) is 16.7 Å². The molecule has 3 aromatic heterocycles. The lowest BCUT2D eigenvalue weighted by atomic mass is 10.2. The summed E-state index contributed by atoms with van der Waals surface area (Å²) in [6.07, 6.45) is 3.28. The largest absolute Gasteiger partial charge is 0.387 e. The van der Waals surface area contributed by atoms with Gasteiger partial charge in [0.15, 0.2) is 18.1 Å². The van der Waals surface area contributed by atoms with E-state index in [-0.39, 0.29) is 6.61 Å². The van der Waals surface area contributed by atoms with Crippen LogP contribution < -0.4 is 0 Å². The van der Waals surface area contributed by atoms with Gasteiger partial charge in [0.2, 0.25) is 0 Å². The molecule has 1 aromatic carbocycles. The van der Waals surface area contributed by atoms with Crippen LogP contribution in [0.1, 0.15) is 22.6 Å². The van der Waals surface area contributed by atoms with Gasteiger partial charge in [-0.1, -0.05) is 35.0 Å². The number of fused-ring (bicyclic) bond motifs is 3. The van der Waals surface area contributed by atoms with Crippen LogP contribution in [-0.4, -0.2) is 55.9 Å². The Morgan fingerprint density at radius 3 is 2.77 bits per heavy atom. The average Bonchev–Trinajstić information content (AvgIpc) is 3.24. The second-order valence-electron chi connectivity index (χ2n) is 7.43. The van der Waals surface area contributed by atoms with E-state index < -0.39 is 0 Å². The lowest BCUT2D eigenvalue weighted by Crippen LogP contribution is -2.19. The monoisotopic (exact) mass is 425 g/mol. The number of halogens is 1. The highest BCUT2D eigenvalue weighted by Crippen LogP contribution is 2.26. The molecule has 0 unspecified atom stereocenters. The van der Waals surface area contributed by atoms with Gasteiger partial charge in [-0.25, -0.2) is 14.5 Å². The summed E-state index contributed by atoms with van der Waals surface area (Å²) < 4.78 is 3.94. The van der Waals surface area contributed by atoms with Gasteiger partial charge < -0.3 is 14.3 Å². The molecule has 3 heterocycles. The number of likely N-dealkylation sites (N-methyl/N-ethyl adjacent to an activating group) is 1. The maximum atomic E-state index is 6.11. The van der Waals surface area contributed by atoms with Gasteiger partial charge in [-0.15, -0.1) is 5.10 Å². The molecule has 0 aliphatic carbocycles. The molecule has 0 aliphatic rings. The maximum absolute atomic E-state index is 6.11. The zero-order chi connectivity index (χ0) is 21.3. The third-order valence-electron chi connectivity index (χ3n) is 5.13. The molecular weight excluding hydrogens is 402 g/mol. The summed E-state index contributed by atoms with van der Waals surface area (Å²) in [5, 5.41) is 10.1. The number of rotatable bonds is 7. The summed E-state index contributed by atoms with van der Waals surface area (Å²) in [6.45, 7) is 6.18. The number of aryl methyl sites for hydroxylation is 1. The third kappa shape index (κ3) is 3.88. The van der Waals surface area contributed by atoms with Crippen LogP contribution in [0.15, 0.2) is 35.7 Å². The maximum Gasteiger partial charge on any atom is 0.192 e. The van der Waals surface area contributed by atoms with Gasteiger partial charge in [-0.05, 0) is 39.6 Å². The van der Waals surface area contributed by atoms with E-state index in [2.05, 4.69) is 57.6 Å². The lowest BCUT2D eigenvalue weighted by Gasteiger charge is -2.12. The number of benzene rings is 1. The second kappa shape index (κ2) is 8.41. The van der Waals surface area contributed by atoms with Gasteiger partial charge in [-0.2, -0.15) is 0 Å². The molecule has 0 atom stereocenters. The minimum absolute atomic E-state index is 0.156. The van der Waals surface area contributed by atoms with Crippen LogP contribution in [0, 0.1) is 13.8 Å². The highest BCUT2D eigenvalue weighted by Gasteiger charge is 2.18. The molecule has 0 N–H and O–H groups in total. The highest BCUT2D eigenvalue weighted by molar-refractivity contribution is 6.33. The Labute approximate surface area is 179 Å². The van der Waals surface area contributed by atoms with Crippen LogP contribution >= 0.6 is 11.6 Å². The molecule has 0 aliphatic heterocycles. The van der Waals surface area contributed by atoms with Crippen molar-refractivity contribution in [3.05, 3.63) is 58.3 Å². The number of nitrogens with zero attached hydrogens (tertiary/aromatic N) is 7.